The minimum absolute atomic E-state index is 0.0492. The second-order valence-corrected chi connectivity index (χ2v) is 4.07. The van der Waals surface area contributed by atoms with E-state index in [4.69, 9.17) is 21.4 Å². The van der Waals surface area contributed by atoms with E-state index in [1.807, 2.05) is 11.6 Å². The number of imidazole rings is 1. The molecule has 0 unspecified atom stereocenters. The number of benzene rings is 1. The zero-order chi connectivity index (χ0) is 12.4. The molecule has 1 heterocycles. The number of hydrogen-bond donors (Lipinski definition) is 1. The van der Waals surface area contributed by atoms with E-state index in [1.54, 1.807) is 31.5 Å². The number of aliphatic hydroxyl groups is 1. The van der Waals surface area contributed by atoms with Crippen molar-refractivity contribution in [1.29, 1.82) is 0 Å². The summed E-state index contributed by atoms with van der Waals surface area (Å²) in [6, 6.07) is 5.36. The lowest BCUT2D eigenvalue weighted by molar-refractivity contribution is 0.273. The molecule has 0 spiro atoms. The highest BCUT2D eigenvalue weighted by Crippen LogP contribution is 2.31. The Balaban J connectivity index is 2.58. The predicted molar refractivity (Wildman–Crippen MR) is 66.1 cm³/mol. The Kier molecular flexibility index (Phi) is 3.36. The standard InChI is InChI=1S/C12H13ClN2O2/c1-15-9(7-16)6-14-12(15)10-5-8(13)3-4-11(10)17-2/h3-6,16H,7H2,1-2H3. The van der Waals surface area contributed by atoms with Crippen LogP contribution in [0.3, 0.4) is 0 Å². The van der Waals surface area contributed by atoms with Gasteiger partial charge in [-0.3, -0.25) is 0 Å². The smallest absolute Gasteiger partial charge is 0.143 e. The average Bonchev–Trinajstić information content (AvgIpc) is 2.70. The van der Waals surface area contributed by atoms with Crippen LogP contribution in [0.15, 0.2) is 24.4 Å². The monoisotopic (exact) mass is 252 g/mol. The van der Waals surface area contributed by atoms with E-state index in [-0.39, 0.29) is 6.61 Å². The molecule has 0 aliphatic carbocycles. The van der Waals surface area contributed by atoms with Gasteiger partial charge in [0.05, 0.1) is 31.2 Å². The van der Waals surface area contributed by atoms with Crippen LogP contribution in [0, 0.1) is 0 Å². The fourth-order valence-corrected chi connectivity index (χ4v) is 1.87. The predicted octanol–water partition coefficient (Wildman–Crippen LogP) is 2.24. The molecule has 0 atom stereocenters. The van der Waals surface area contributed by atoms with E-state index in [9.17, 15) is 0 Å². The lowest BCUT2D eigenvalue weighted by Crippen LogP contribution is -1.99. The van der Waals surface area contributed by atoms with Crippen LogP contribution < -0.4 is 4.74 Å². The van der Waals surface area contributed by atoms with Crippen LogP contribution in [0.25, 0.3) is 11.4 Å². The molecule has 5 heteroatoms. The third kappa shape index (κ3) is 2.14. The Hall–Kier alpha value is -1.52. The highest BCUT2D eigenvalue weighted by atomic mass is 35.5. The zero-order valence-electron chi connectivity index (χ0n) is 9.64. The third-order valence-corrected chi connectivity index (χ3v) is 2.88. The minimum Gasteiger partial charge on any atom is -0.496 e. The molecule has 2 aromatic rings. The van der Waals surface area contributed by atoms with Gasteiger partial charge in [0.2, 0.25) is 0 Å². The maximum absolute atomic E-state index is 9.14. The quantitative estimate of drug-likeness (QED) is 0.911. The molecular weight excluding hydrogens is 240 g/mol. The summed E-state index contributed by atoms with van der Waals surface area (Å²) in [7, 11) is 3.44. The summed E-state index contributed by atoms with van der Waals surface area (Å²) in [5, 5.41) is 9.76. The number of halogens is 1. The van der Waals surface area contributed by atoms with Gasteiger partial charge in [-0.1, -0.05) is 11.6 Å². The summed E-state index contributed by atoms with van der Waals surface area (Å²) in [5.74, 6) is 1.42. The van der Waals surface area contributed by atoms with Crippen molar-refractivity contribution >= 4 is 11.6 Å². The molecule has 17 heavy (non-hydrogen) atoms. The number of methoxy groups -OCH3 is 1. The average molecular weight is 253 g/mol. The molecule has 0 aliphatic rings. The fourth-order valence-electron chi connectivity index (χ4n) is 1.70. The van der Waals surface area contributed by atoms with E-state index in [0.29, 0.717) is 16.6 Å². The van der Waals surface area contributed by atoms with Crippen molar-refractivity contribution in [2.75, 3.05) is 7.11 Å². The molecule has 0 saturated carbocycles. The van der Waals surface area contributed by atoms with Gasteiger partial charge >= 0.3 is 0 Å². The Morgan fingerprint density at radius 3 is 2.82 bits per heavy atom. The summed E-state index contributed by atoms with van der Waals surface area (Å²) < 4.78 is 7.09. The number of aliphatic hydroxyl groups excluding tert-OH is 1. The molecule has 1 N–H and O–H groups in total. The second kappa shape index (κ2) is 4.77. The number of nitrogens with zero attached hydrogens (tertiary/aromatic N) is 2. The van der Waals surface area contributed by atoms with Gasteiger partial charge in [-0.05, 0) is 18.2 Å². The Morgan fingerprint density at radius 2 is 2.24 bits per heavy atom. The molecule has 2 rings (SSSR count). The molecule has 1 aromatic heterocycles. The summed E-state index contributed by atoms with van der Waals surface area (Å²) in [6.07, 6.45) is 1.63. The molecule has 4 nitrogen and oxygen atoms in total. The molecule has 0 fully saturated rings. The number of aromatic nitrogens is 2. The van der Waals surface area contributed by atoms with Crippen LogP contribution in [-0.4, -0.2) is 21.8 Å². The largest absolute Gasteiger partial charge is 0.496 e. The van der Waals surface area contributed by atoms with Gasteiger partial charge in [0.15, 0.2) is 0 Å². The fraction of sp³-hybridized carbons (Fsp3) is 0.250. The van der Waals surface area contributed by atoms with Crippen LogP contribution in [0.5, 0.6) is 5.75 Å². The number of ether oxygens (including phenoxy) is 1. The van der Waals surface area contributed by atoms with Gasteiger partial charge in [0, 0.05) is 12.1 Å². The Morgan fingerprint density at radius 1 is 1.47 bits per heavy atom. The van der Waals surface area contributed by atoms with Gasteiger partial charge < -0.3 is 14.4 Å². The van der Waals surface area contributed by atoms with Gasteiger partial charge in [0.1, 0.15) is 11.6 Å². The maximum Gasteiger partial charge on any atom is 0.143 e. The molecule has 0 bridgehead atoms. The van der Waals surface area contributed by atoms with Gasteiger partial charge in [0.25, 0.3) is 0 Å². The molecule has 0 saturated heterocycles. The van der Waals surface area contributed by atoms with Crippen LogP contribution in [-0.2, 0) is 13.7 Å². The van der Waals surface area contributed by atoms with Crippen LogP contribution in [0.2, 0.25) is 5.02 Å². The highest BCUT2D eigenvalue weighted by molar-refractivity contribution is 6.30. The third-order valence-electron chi connectivity index (χ3n) is 2.65. The summed E-state index contributed by atoms with van der Waals surface area (Å²) >= 11 is 5.97. The Bertz CT molecular complexity index is 537. The molecule has 0 aliphatic heterocycles. The molecular formula is C12H13ClN2O2. The van der Waals surface area contributed by atoms with Crippen LogP contribution >= 0.6 is 11.6 Å². The van der Waals surface area contributed by atoms with Crippen LogP contribution in [0.1, 0.15) is 5.69 Å². The summed E-state index contributed by atoms with van der Waals surface area (Å²) in [5.41, 5.74) is 1.55. The number of rotatable bonds is 3. The first-order valence-corrected chi connectivity index (χ1v) is 5.50. The van der Waals surface area contributed by atoms with Crippen molar-refractivity contribution in [3.8, 4) is 17.1 Å². The first-order valence-electron chi connectivity index (χ1n) is 5.12. The topological polar surface area (TPSA) is 47.3 Å². The van der Waals surface area contributed by atoms with E-state index in [2.05, 4.69) is 4.98 Å². The maximum atomic E-state index is 9.14. The van der Waals surface area contributed by atoms with Crippen molar-refractivity contribution in [2.45, 2.75) is 6.61 Å². The normalized spacial score (nSPS) is 10.6. The molecule has 1 aromatic carbocycles. The lowest BCUT2D eigenvalue weighted by atomic mass is 10.2. The first kappa shape index (κ1) is 12.0. The van der Waals surface area contributed by atoms with Crippen molar-refractivity contribution in [2.24, 2.45) is 7.05 Å². The van der Waals surface area contributed by atoms with Gasteiger partial charge in [-0.15, -0.1) is 0 Å². The minimum atomic E-state index is -0.0492. The summed E-state index contributed by atoms with van der Waals surface area (Å²) in [4.78, 5) is 4.27. The zero-order valence-corrected chi connectivity index (χ0v) is 10.4. The van der Waals surface area contributed by atoms with E-state index >= 15 is 0 Å². The van der Waals surface area contributed by atoms with E-state index < -0.39 is 0 Å². The highest BCUT2D eigenvalue weighted by Gasteiger charge is 2.13. The SMILES string of the molecule is COc1ccc(Cl)cc1-c1ncc(CO)n1C. The van der Waals surface area contributed by atoms with Gasteiger partial charge in [-0.2, -0.15) is 0 Å². The van der Waals surface area contributed by atoms with E-state index in [1.165, 1.54) is 0 Å². The van der Waals surface area contributed by atoms with Crippen LogP contribution in [0.4, 0.5) is 0 Å². The molecule has 0 radical (unpaired) electrons. The van der Waals surface area contributed by atoms with E-state index in [0.717, 1.165) is 11.3 Å². The van der Waals surface area contributed by atoms with Crippen molar-refractivity contribution in [3.63, 3.8) is 0 Å². The van der Waals surface area contributed by atoms with Crippen molar-refractivity contribution in [1.82, 2.24) is 9.55 Å². The van der Waals surface area contributed by atoms with Crippen molar-refractivity contribution in [3.05, 3.63) is 35.1 Å². The molecule has 90 valence electrons. The second-order valence-electron chi connectivity index (χ2n) is 3.63. The van der Waals surface area contributed by atoms with Gasteiger partial charge in [-0.25, -0.2) is 4.98 Å². The number of hydrogen-bond acceptors (Lipinski definition) is 3. The first-order chi connectivity index (χ1) is 8.17. The summed E-state index contributed by atoms with van der Waals surface area (Å²) in [6.45, 7) is -0.0492. The lowest BCUT2D eigenvalue weighted by Gasteiger charge is -2.09. The molecule has 0 amide bonds. The Labute approximate surface area is 104 Å². The van der Waals surface area contributed by atoms with Crippen molar-refractivity contribution < 1.29 is 9.84 Å².